The number of phenolic OH excluding ortho intramolecular Hbond substituents is 1. The number of halogens is 1. The van der Waals surface area contributed by atoms with Crippen molar-refractivity contribution in [2.45, 2.75) is 216 Å². The van der Waals surface area contributed by atoms with Gasteiger partial charge in [-0.25, -0.2) is 9.59 Å². The number of ketones is 1. The molecule has 5 aliphatic rings. The number of carbonyl (C=O) groups is 14. The summed E-state index contributed by atoms with van der Waals surface area (Å²) in [6.07, 6.45) is 0.347. The number of Topliss-reactive ketones (excluding diaryl/α,β-unsaturated/α-hetero) is 1. The molecule has 710 valence electrons. The minimum absolute atomic E-state index is 0.0412. The molecule has 10 amide bonds. The Kier molecular flexibility index (Phi) is 41.8. The summed E-state index contributed by atoms with van der Waals surface area (Å²) in [5.74, 6) is -13.0. The van der Waals surface area contributed by atoms with E-state index in [0.717, 1.165) is 89.7 Å². The Labute approximate surface area is 775 Å². The van der Waals surface area contributed by atoms with Crippen molar-refractivity contribution >= 4 is 149 Å². The standard InChI is InChI=1S/C85H111ClN12O20S4.2C2H4O2/c1-46-18-17-24-68(115-9)85(113)42-67(116-83(112)96-85)47(2)74-84(5,118-74)69(41-71(103)98(7)64-37-52(34-46)38-66(114-8)72(64)86)117-82(111)48(3)97(6)70(102)31-33-119-120-44-62(75(89)104)93-80(109)63-45-122-121-43-61(92-77(106)58(88)36-50-19-11-10-12-20-50)65(101)40-55(35-51-25-29-56(100)30-26-51)76(105)91-60(39-54-28-27-53-21-13-14-22-57(53)54)79(108)90-59(23-15-16-32-87)78(107)95-73(49(4)99)81(110)94-63;2*1-2(3)4/h10-14,17-22,24-26,28-30,37-38,47-49,55,58-63,67-69,73-74,99-100,113H,15-16,23,27,31-36,39-45,87-88H2,1-9H3,(H2,89,104)(H,90,108)(H,91,105)(H,92,106)(H,93,109)(H,94,110)(H,95,107)(H,96,112);2*1H3,(H,3,4)/b24-17+,46-18+;;/t47?,48-,49+,55+,58+,59-,60?,61-,62-,63?,67-,68+,69-,73-,74-,84-,85-;;/m0../s1. The Balaban J connectivity index is 0.00000277. The van der Waals surface area contributed by atoms with Crippen LogP contribution in [0.25, 0.3) is 5.57 Å². The molecule has 17 atom stereocenters. The van der Waals surface area contributed by atoms with Gasteiger partial charge in [0.25, 0.3) is 11.9 Å². The number of hydrogen-bond donors (Lipinski definition) is 15. The molecule has 41 heteroatoms. The van der Waals surface area contributed by atoms with Crippen molar-refractivity contribution in [3.63, 3.8) is 0 Å². The number of likely N-dealkylation sites (N-methyl/N-ethyl adjacent to an activating group) is 1. The van der Waals surface area contributed by atoms with E-state index in [2.05, 4.69) is 37.2 Å². The Hall–Kier alpha value is -10.3. The lowest BCUT2D eigenvalue weighted by molar-refractivity contribution is -0.162. The Morgan fingerprint density at radius 3 is 2.14 bits per heavy atom. The highest BCUT2D eigenvalue weighted by molar-refractivity contribution is 8.77. The number of allylic oxidation sites excluding steroid dienone is 4. The molecule has 3 unspecified atom stereocenters. The highest BCUT2D eigenvalue weighted by Crippen LogP contribution is 2.50. The van der Waals surface area contributed by atoms with Gasteiger partial charge in [-0.05, 0) is 137 Å². The number of carboxylic acids is 2. The molecule has 0 saturated carbocycles. The lowest BCUT2D eigenvalue weighted by Crippen LogP contribution is -2.63. The molecule has 130 heavy (non-hydrogen) atoms. The van der Waals surface area contributed by atoms with E-state index in [0.29, 0.717) is 30.4 Å². The summed E-state index contributed by atoms with van der Waals surface area (Å²) >= 11 is 6.89. The van der Waals surface area contributed by atoms with Crippen LogP contribution in [0.1, 0.15) is 128 Å². The number of fused-ring (bicyclic) bond motifs is 6. The number of anilines is 1. The van der Waals surface area contributed by atoms with E-state index in [9.17, 15) is 58.5 Å². The van der Waals surface area contributed by atoms with Crippen LogP contribution < -0.4 is 64.1 Å². The van der Waals surface area contributed by atoms with Gasteiger partial charge in [0.05, 0.1) is 43.5 Å². The van der Waals surface area contributed by atoms with Gasteiger partial charge >= 0.3 is 12.1 Å². The first-order chi connectivity index (χ1) is 61.5. The fraction of sp³-hybridized carbons (Fsp3) is 0.506. The van der Waals surface area contributed by atoms with Crippen LogP contribution in [0, 0.1) is 11.8 Å². The van der Waals surface area contributed by atoms with Gasteiger partial charge in [0.2, 0.25) is 53.2 Å². The number of nitrogens with one attached hydrogen (secondary N) is 7. The molecule has 0 radical (unpaired) electrons. The summed E-state index contributed by atoms with van der Waals surface area (Å²) in [5, 5.41) is 67.3. The SMILES string of the molecule is CC(=O)O.CC(=O)O.COc1cc2cc(c1Cl)N(C)C(=O)C[C@H](OC(=O)[C@H](C)N(C)C(=O)CCSSC[C@H](NC(=O)C1CSSC[C@H](NC(=O)[C@H](N)Cc3ccccc3)C(=O)C[C@@H](Cc3ccc(O)cc3)C(=O)NC(CC3=CCc4ccccc43)C(=O)N[C@@H](CCCCN)C(=O)N[C@@H]([C@@H](C)O)C(=O)N1)C(N)=O)[C@]1(C)O[C@H]1C(C)[C@@H]1C[C@@](O)(NC(=O)O1)[C@H](OC)/C=C/C=C(\C)C2. The molecule has 3 saturated heterocycles. The second-order valence-electron chi connectivity index (χ2n) is 32.4. The summed E-state index contributed by atoms with van der Waals surface area (Å²) in [6, 6.07) is 14.4. The smallest absolute Gasteiger partial charge is 0.409 e. The van der Waals surface area contributed by atoms with Crippen molar-refractivity contribution in [1.29, 1.82) is 0 Å². The number of benzene rings is 4. The lowest BCUT2D eigenvalue weighted by atomic mass is 9.83. The van der Waals surface area contributed by atoms with Gasteiger partial charge in [0.15, 0.2) is 11.5 Å². The number of ether oxygens (including phenoxy) is 5. The first-order valence-electron chi connectivity index (χ1n) is 42.1. The van der Waals surface area contributed by atoms with Crippen LogP contribution in [-0.2, 0) is 107 Å². The molecule has 0 aromatic heterocycles. The molecule has 4 bridgehead atoms. The van der Waals surface area contributed by atoms with Crippen LogP contribution in [0.5, 0.6) is 11.5 Å². The van der Waals surface area contributed by atoms with E-state index in [4.69, 9.17) is 72.3 Å². The summed E-state index contributed by atoms with van der Waals surface area (Å²) in [5.41, 5.74) is 20.6. The van der Waals surface area contributed by atoms with Crippen molar-refractivity contribution in [2.24, 2.45) is 29.0 Å². The zero-order valence-electron chi connectivity index (χ0n) is 74.3. The summed E-state index contributed by atoms with van der Waals surface area (Å²) in [4.78, 5) is 194. The Bertz CT molecular complexity index is 4750. The van der Waals surface area contributed by atoms with Gasteiger partial charge in [-0.2, -0.15) is 0 Å². The first kappa shape index (κ1) is 107. The Morgan fingerprint density at radius 1 is 0.831 bits per heavy atom. The van der Waals surface area contributed by atoms with Crippen LogP contribution in [0.3, 0.4) is 0 Å². The molecular weight excluding hydrogens is 1780 g/mol. The average Bonchev–Trinajstić information content (AvgIpc) is 1.57. The maximum atomic E-state index is 15.1. The number of methoxy groups -OCH3 is 2. The fourth-order valence-corrected chi connectivity index (χ4v) is 19.6. The van der Waals surface area contributed by atoms with Crippen LogP contribution >= 0.6 is 54.8 Å². The summed E-state index contributed by atoms with van der Waals surface area (Å²) in [6.45, 7) is 10.3. The third-order valence-electron chi connectivity index (χ3n) is 22.3. The maximum Gasteiger partial charge on any atom is 0.409 e. The quantitative estimate of drug-likeness (QED) is 0.0163. The van der Waals surface area contributed by atoms with E-state index in [1.807, 2.05) is 43.3 Å². The Morgan fingerprint density at radius 2 is 1.48 bits per heavy atom. The number of aromatic hydroxyl groups is 1. The van der Waals surface area contributed by atoms with Crippen LogP contribution in [-0.4, -0.2) is 261 Å². The number of esters is 1. The average molecular weight is 1900 g/mol. The number of aliphatic hydroxyl groups excluding tert-OH is 1. The van der Waals surface area contributed by atoms with E-state index < -0.39 is 198 Å². The van der Waals surface area contributed by atoms with Gasteiger partial charge in [0, 0.05) is 95.6 Å². The predicted molar refractivity (Wildman–Crippen MR) is 493 cm³/mol. The van der Waals surface area contributed by atoms with Gasteiger partial charge in [-0.1, -0.05) is 158 Å². The number of amides is 10. The molecule has 9 rings (SSSR count). The molecule has 3 fully saturated rings. The molecule has 4 aromatic carbocycles. The fourth-order valence-electron chi connectivity index (χ4n) is 14.8. The molecule has 18 N–H and O–H groups in total. The van der Waals surface area contributed by atoms with Crippen molar-refractivity contribution in [2.75, 3.05) is 62.8 Å². The number of unbranched alkanes of at least 4 members (excludes halogenated alkanes) is 1. The minimum Gasteiger partial charge on any atom is -0.508 e. The van der Waals surface area contributed by atoms with Crippen LogP contribution in [0.4, 0.5) is 10.5 Å². The third-order valence-corrected chi connectivity index (χ3v) is 27.5. The number of aliphatic carboxylic acids is 2. The predicted octanol–water partition coefficient (Wildman–Crippen LogP) is 4.89. The number of carbonyl (C=O) groups excluding carboxylic acids is 12. The van der Waals surface area contributed by atoms with Gasteiger partial charge < -0.3 is 108 Å². The minimum atomic E-state index is -1.95. The van der Waals surface area contributed by atoms with Crippen LogP contribution in [0.2, 0.25) is 5.02 Å². The molecule has 4 aliphatic heterocycles. The third kappa shape index (κ3) is 31.8. The number of rotatable bonds is 27. The zero-order chi connectivity index (χ0) is 96.0. The number of primary amides is 1. The summed E-state index contributed by atoms with van der Waals surface area (Å²) < 4.78 is 29.7. The maximum absolute atomic E-state index is 15.1. The molecule has 0 spiro atoms. The molecule has 36 nitrogen and oxygen atoms in total. The first-order valence-corrected chi connectivity index (χ1v) is 47.5. The number of phenols is 1. The van der Waals surface area contributed by atoms with Crippen LogP contribution in [0.15, 0.2) is 121 Å². The summed E-state index contributed by atoms with van der Waals surface area (Å²) in [7, 11) is 9.82. The lowest BCUT2D eigenvalue weighted by Gasteiger charge is -2.42. The van der Waals surface area contributed by atoms with Crippen molar-refractivity contribution < 1.29 is 116 Å². The van der Waals surface area contributed by atoms with Crippen molar-refractivity contribution in [1.82, 2.24) is 42.1 Å². The molecule has 4 heterocycles. The topological polar surface area (TPSA) is 558 Å². The zero-order valence-corrected chi connectivity index (χ0v) is 78.3. The number of carboxylic acid groups (broad SMARTS) is 2. The second-order valence-corrected chi connectivity index (χ2v) is 38.0. The van der Waals surface area contributed by atoms with Gasteiger partial charge in [-0.3, -0.25) is 62.9 Å². The molecule has 1 aliphatic carbocycles. The van der Waals surface area contributed by atoms with Gasteiger partial charge in [-0.15, -0.1) is 0 Å². The van der Waals surface area contributed by atoms with E-state index in [-0.39, 0.29) is 96.7 Å². The number of nitrogens with two attached hydrogens (primary N) is 3. The van der Waals surface area contributed by atoms with E-state index >= 15 is 14.4 Å². The van der Waals surface area contributed by atoms with E-state index in [1.54, 1.807) is 80.6 Å². The number of nitrogens with zero attached hydrogens (tertiary/aromatic N) is 2. The highest BCUT2D eigenvalue weighted by Gasteiger charge is 2.65. The largest absolute Gasteiger partial charge is 0.508 e. The van der Waals surface area contributed by atoms with E-state index in [1.165, 1.54) is 59.2 Å². The number of aliphatic hydroxyl groups is 2. The number of alkyl carbamates (subject to hydrolysis) is 1. The monoisotopic (exact) mass is 1900 g/mol. The van der Waals surface area contributed by atoms with Gasteiger partial charge in [0.1, 0.15) is 76.7 Å². The second kappa shape index (κ2) is 50.9. The van der Waals surface area contributed by atoms with Crippen molar-refractivity contribution in [3.05, 3.63) is 154 Å². The van der Waals surface area contributed by atoms with Crippen molar-refractivity contribution in [3.8, 4) is 11.5 Å². The highest BCUT2D eigenvalue weighted by atomic mass is 35.5. The number of hydrogen-bond acceptors (Lipinski definition) is 28. The normalized spacial score (nSPS) is 25.6. The molecular formula is C89H119ClN12O24S4. The number of epoxide rings is 1. The molecule has 4 aromatic rings.